The van der Waals surface area contributed by atoms with E-state index in [1.807, 2.05) is 17.8 Å². The number of benzene rings is 1. The summed E-state index contributed by atoms with van der Waals surface area (Å²) in [6.45, 7) is 6.99. The van der Waals surface area contributed by atoms with Crippen molar-refractivity contribution in [3.05, 3.63) is 47.0 Å². The number of nitrogens with one attached hydrogen (secondary N) is 1. The van der Waals surface area contributed by atoms with Crippen molar-refractivity contribution in [2.24, 2.45) is 0 Å². The average Bonchev–Trinajstić information content (AvgIpc) is 2.35. The molecule has 0 aliphatic rings. The molecule has 1 rings (SSSR count). The van der Waals surface area contributed by atoms with Crippen LogP contribution in [0.25, 0.3) is 0 Å². The summed E-state index contributed by atoms with van der Waals surface area (Å²) < 4.78 is 1.14. The third-order valence-corrected chi connectivity index (χ3v) is 4.05. The van der Waals surface area contributed by atoms with Gasteiger partial charge in [-0.3, -0.25) is 0 Å². The van der Waals surface area contributed by atoms with Crippen molar-refractivity contribution in [1.29, 1.82) is 0 Å². The van der Waals surface area contributed by atoms with Crippen molar-refractivity contribution in [1.82, 2.24) is 5.32 Å². The predicted molar refractivity (Wildman–Crippen MR) is 82.7 cm³/mol. The van der Waals surface area contributed by atoms with Crippen molar-refractivity contribution in [3.63, 3.8) is 0 Å². The maximum Gasteiger partial charge on any atom is 0.0317 e. The van der Waals surface area contributed by atoms with E-state index in [0.29, 0.717) is 6.04 Å². The highest BCUT2D eigenvalue weighted by Gasteiger charge is 2.07. The van der Waals surface area contributed by atoms with E-state index in [1.165, 1.54) is 5.56 Å². The Balaban J connectivity index is 2.37. The van der Waals surface area contributed by atoms with Gasteiger partial charge < -0.3 is 5.32 Å². The molecule has 0 saturated heterocycles. The van der Waals surface area contributed by atoms with Crippen LogP contribution >= 0.6 is 27.7 Å². The van der Waals surface area contributed by atoms with Crippen molar-refractivity contribution < 1.29 is 0 Å². The molecule has 0 amide bonds. The molecule has 0 aliphatic carbocycles. The molecule has 0 spiro atoms. The lowest BCUT2D eigenvalue weighted by molar-refractivity contribution is 0.540. The Morgan fingerprint density at radius 3 is 2.71 bits per heavy atom. The minimum absolute atomic E-state index is 0.465. The van der Waals surface area contributed by atoms with Gasteiger partial charge in [0.1, 0.15) is 0 Å². The number of halogens is 1. The lowest BCUT2D eigenvalue weighted by Gasteiger charge is -2.17. The van der Waals surface area contributed by atoms with E-state index < -0.39 is 0 Å². The Morgan fingerprint density at radius 2 is 2.12 bits per heavy atom. The molecule has 0 radical (unpaired) electrons. The second-order valence-corrected chi connectivity index (χ2v) is 5.90. The second kappa shape index (κ2) is 8.78. The van der Waals surface area contributed by atoms with Crippen molar-refractivity contribution in [2.45, 2.75) is 19.4 Å². The van der Waals surface area contributed by atoms with Crippen LogP contribution in [0.3, 0.4) is 0 Å². The zero-order valence-electron chi connectivity index (χ0n) is 10.3. The predicted octanol–water partition coefficient (Wildman–Crippen LogP) is 4.41. The van der Waals surface area contributed by atoms with Gasteiger partial charge in [-0.25, -0.2) is 0 Å². The first-order chi connectivity index (χ1) is 8.27. The molecule has 0 aliphatic heterocycles. The molecule has 0 aromatic heterocycles. The molecule has 0 fully saturated rings. The van der Waals surface area contributed by atoms with Gasteiger partial charge in [0.15, 0.2) is 0 Å². The van der Waals surface area contributed by atoms with Gasteiger partial charge in [-0.1, -0.05) is 41.1 Å². The Kier molecular flexibility index (Phi) is 7.65. The summed E-state index contributed by atoms with van der Waals surface area (Å²) in [5.41, 5.74) is 1.37. The maximum absolute atomic E-state index is 3.72. The van der Waals surface area contributed by atoms with Gasteiger partial charge in [0.25, 0.3) is 0 Å². The Labute approximate surface area is 117 Å². The monoisotopic (exact) mass is 313 g/mol. The third-order valence-electron chi connectivity index (χ3n) is 2.55. The summed E-state index contributed by atoms with van der Waals surface area (Å²) in [5, 5.41) is 3.59. The first kappa shape index (κ1) is 14.8. The van der Waals surface area contributed by atoms with Crippen LogP contribution in [0.5, 0.6) is 0 Å². The molecule has 0 saturated carbocycles. The van der Waals surface area contributed by atoms with Crippen LogP contribution in [0, 0.1) is 0 Å². The fraction of sp³-hybridized carbons (Fsp3) is 0.429. The Bertz CT molecular complexity index is 323. The fourth-order valence-electron chi connectivity index (χ4n) is 1.66. The molecule has 1 atom stereocenters. The van der Waals surface area contributed by atoms with E-state index in [2.05, 4.69) is 59.0 Å². The van der Waals surface area contributed by atoms with Crippen LogP contribution in [-0.4, -0.2) is 18.1 Å². The van der Waals surface area contributed by atoms with Crippen molar-refractivity contribution in [2.75, 3.05) is 18.1 Å². The average molecular weight is 314 g/mol. The molecule has 3 heteroatoms. The summed E-state index contributed by atoms with van der Waals surface area (Å²) in [5.74, 6) is 2.18. The van der Waals surface area contributed by atoms with E-state index in [-0.39, 0.29) is 0 Å². The van der Waals surface area contributed by atoms with E-state index in [4.69, 9.17) is 0 Å². The minimum Gasteiger partial charge on any atom is -0.309 e. The van der Waals surface area contributed by atoms with Crippen LogP contribution < -0.4 is 5.32 Å². The van der Waals surface area contributed by atoms with Gasteiger partial charge in [0.05, 0.1) is 0 Å². The standard InChI is InChI=1S/C14H20BrNS/c1-3-10-17-11-9-16-14(4-2)12-5-7-13(15)8-6-12/h3,5-8,14,16H,1,4,9-11H2,2H3. The molecule has 17 heavy (non-hydrogen) atoms. The fourth-order valence-corrected chi connectivity index (χ4v) is 2.52. The smallest absolute Gasteiger partial charge is 0.0317 e. The molecule has 1 aromatic rings. The van der Waals surface area contributed by atoms with E-state index >= 15 is 0 Å². The Hall–Kier alpha value is -0.250. The highest BCUT2D eigenvalue weighted by Crippen LogP contribution is 2.19. The summed E-state index contributed by atoms with van der Waals surface area (Å²) in [6, 6.07) is 9.04. The first-order valence-corrected chi connectivity index (χ1v) is 7.90. The molecule has 0 heterocycles. The topological polar surface area (TPSA) is 12.0 Å². The normalized spacial score (nSPS) is 12.4. The van der Waals surface area contributed by atoms with Crippen LogP contribution in [-0.2, 0) is 0 Å². The number of hydrogen-bond acceptors (Lipinski definition) is 2. The van der Waals surface area contributed by atoms with Crippen molar-refractivity contribution >= 4 is 27.7 Å². The van der Waals surface area contributed by atoms with Crippen LogP contribution in [0.1, 0.15) is 24.9 Å². The number of thioether (sulfide) groups is 1. The quantitative estimate of drug-likeness (QED) is 0.563. The Morgan fingerprint density at radius 1 is 1.41 bits per heavy atom. The molecular weight excluding hydrogens is 294 g/mol. The van der Waals surface area contributed by atoms with E-state index in [9.17, 15) is 0 Å². The maximum atomic E-state index is 3.72. The van der Waals surface area contributed by atoms with Gasteiger partial charge in [-0.05, 0) is 24.1 Å². The van der Waals surface area contributed by atoms with Gasteiger partial charge >= 0.3 is 0 Å². The van der Waals surface area contributed by atoms with Gasteiger partial charge in [0, 0.05) is 28.6 Å². The van der Waals surface area contributed by atoms with Crippen LogP contribution in [0.15, 0.2) is 41.4 Å². The molecule has 94 valence electrons. The second-order valence-electron chi connectivity index (χ2n) is 3.83. The highest BCUT2D eigenvalue weighted by molar-refractivity contribution is 9.10. The number of hydrogen-bond donors (Lipinski definition) is 1. The van der Waals surface area contributed by atoms with Gasteiger partial charge in [0.2, 0.25) is 0 Å². The van der Waals surface area contributed by atoms with Gasteiger partial charge in [-0.2, -0.15) is 11.8 Å². The molecule has 1 unspecified atom stereocenters. The summed E-state index contributed by atoms with van der Waals surface area (Å²) in [7, 11) is 0. The van der Waals surface area contributed by atoms with E-state index in [0.717, 1.165) is 28.9 Å². The molecule has 1 nitrogen and oxygen atoms in total. The van der Waals surface area contributed by atoms with Gasteiger partial charge in [-0.15, -0.1) is 6.58 Å². The van der Waals surface area contributed by atoms with Crippen LogP contribution in [0.2, 0.25) is 0 Å². The molecule has 1 N–H and O–H groups in total. The van der Waals surface area contributed by atoms with Crippen LogP contribution in [0.4, 0.5) is 0 Å². The summed E-state index contributed by atoms with van der Waals surface area (Å²) in [6.07, 6.45) is 3.07. The van der Waals surface area contributed by atoms with E-state index in [1.54, 1.807) is 0 Å². The molecular formula is C14H20BrNS. The zero-order valence-corrected chi connectivity index (χ0v) is 12.7. The third kappa shape index (κ3) is 5.75. The number of rotatable bonds is 8. The highest BCUT2D eigenvalue weighted by atomic mass is 79.9. The lowest BCUT2D eigenvalue weighted by atomic mass is 10.1. The van der Waals surface area contributed by atoms with Crippen molar-refractivity contribution in [3.8, 4) is 0 Å². The first-order valence-electron chi connectivity index (χ1n) is 5.95. The SMILES string of the molecule is C=CCSCCNC(CC)c1ccc(Br)cc1. The molecule has 1 aromatic carbocycles. The molecule has 0 bridgehead atoms. The minimum atomic E-state index is 0.465. The lowest BCUT2D eigenvalue weighted by Crippen LogP contribution is -2.23. The zero-order chi connectivity index (χ0) is 12.5. The summed E-state index contributed by atoms with van der Waals surface area (Å²) >= 11 is 5.38. The summed E-state index contributed by atoms with van der Waals surface area (Å²) in [4.78, 5) is 0. The largest absolute Gasteiger partial charge is 0.309 e.